The average Bonchev–Trinajstić information content (AvgIpc) is 2.85. The van der Waals surface area contributed by atoms with E-state index in [9.17, 15) is 20.1 Å². The van der Waals surface area contributed by atoms with Crippen LogP contribution in [-0.4, -0.2) is 44.1 Å². The number of aliphatic hydroxyl groups is 2. The van der Waals surface area contributed by atoms with E-state index in [-0.39, 0.29) is 18.8 Å². The number of carboxylic acid groups (broad SMARTS) is 1. The van der Waals surface area contributed by atoms with Gasteiger partial charge in [0.25, 0.3) is 0 Å². The Balaban J connectivity index is 2.86. The van der Waals surface area contributed by atoms with E-state index in [0.29, 0.717) is 23.3 Å². The Labute approximate surface area is 122 Å². The first-order chi connectivity index (χ1) is 9.98. The number of carbonyl (C=O) groups is 1. The van der Waals surface area contributed by atoms with Crippen LogP contribution in [0.15, 0.2) is 18.2 Å². The molecule has 0 atom stereocenters. The van der Waals surface area contributed by atoms with Crippen molar-refractivity contribution in [1.29, 1.82) is 0 Å². The Morgan fingerprint density at radius 2 is 2.00 bits per heavy atom. The molecule has 114 valence electrons. The van der Waals surface area contributed by atoms with Crippen LogP contribution in [0, 0.1) is 0 Å². The van der Waals surface area contributed by atoms with E-state index in [0.717, 1.165) is 6.42 Å². The second-order valence-electron chi connectivity index (χ2n) is 5.41. The zero-order valence-corrected chi connectivity index (χ0v) is 12.2. The second kappa shape index (κ2) is 5.83. The lowest BCUT2D eigenvalue weighted by Crippen LogP contribution is -2.39. The van der Waals surface area contributed by atoms with Gasteiger partial charge in [0.1, 0.15) is 5.82 Å². The molecule has 6 nitrogen and oxygen atoms in total. The molecule has 1 aromatic heterocycles. The number of imidazole rings is 1. The van der Waals surface area contributed by atoms with E-state index in [1.165, 1.54) is 6.07 Å². The molecule has 1 aromatic carbocycles. The van der Waals surface area contributed by atoms with Gasteiger partial charge in [-0.05, 0) is 25.5 Å². The largest absolute Gasteiger partial charge is 0.478 e. The smallest absolute Gasteiger partial charge is 0.337 e. The third kappa shape index (κ3) is 2.52. The lowest BCUT2D eigenvalue weighted by atomic mass is 10.0. The van der Waals surface area contributed by atoms with Gasteiger partial charge in [-0.3, -0.25) is 0 Å². The summed E-state index contributed by atoms with van der Waals surface area (Å²) in [6, 6.07) is 4.90. The van der Waals surface area contributed by atoms with Crippen LogP contribution < -0.4 is 0 Å². The molecule has 0 saturated carbocycles. The van der Waals surface area contributed by atoms with E-state index < -0.39 is 11.5 Å². The topological polar surface area (TPSA) is 95.6 Å². The van der Waals surface area contributed by atoms with E-state index in [2.05, 4.69) is 4.98 Å². The van der Waals surface area contributed by atoms with Crippen molar-refractivity contribution in [2.75, 3.05) is 13.2 Å². The molecular weight excluding hydrogens is 272 g/mol. The Kier molecular flexibility index (Phi) is 4.29. The number of fused-ring (bicyclic) bond motifs is 1. The normalized spacial score (nSPS) is 12.0. The summed E-state index contributed by atoms with van der Waals surface area (Å²) in [5.74, 6) is -0.380. The molecule has 0 unspecified atom stereocenters. The fourth-order valence-corrected chi connectivity index (χ4v) is 2.51. The summed E-state index contributed by atoms with van der Waals surface area (Å²) in [5.41, 5.74) is 0.131. The molecule has 6 heteroatoms. The average molecular weight is 292 g/mol. The van der Waals surface area contributed by atoms with Crippen LogP contribution in [0.4, 0.5) is 0 Å². The molecule has 0 bridgehead atoms. The summed E-state index contributed by atoms with van der Waals surface area (Å²) in [4.78, 5) is 16.0. The Morgan fingerprint density at radius 1 is 1.33 bits per heavy atom. The van der Waals surface area contributed by atoms with Gasteiger partial charge >= 0.3 is 5.97 Å². The molecule has 21 heavy (non-hydrogen) atoms. The Hall–Kier alpha value is -1.92. The van der Waals surface area contributed by atoms with Gasteiger partial charge in [-0.25, -0.2) is 9.78 Å². The van der Waals surface area contributed by atoms with Crippen LogP contribution in [0.2, 0.25) is 0 Å². The van der Waals surface area contributed by atoms with Crippen molar-refractivity contribution in [2.24, 2.45) is 0 Å². The predicted molar refractivity (Wildman–Crippen MR) is 78.5 cm³/mol. The van der Waals surface area contributed by atoms with E-state index in [4.69, 9.17) is 0 Å². The van der Waals surface area contributed by atoms with Crippen molar-refractivity contribution >= 4 is 17.0 Å². The Morgan fingerprint density at radius 3 is 2.52 bits per heavy atom. The minimum absolute atomic E-state index is 0.121. The van der Waals surface area contributed by atoms with Gasteiger partial charge in [0, 0.05) is 6.42 Å². The first-order valence-electron chi connectivity index (χ1n) is 6.94. The van der Waals surface area contributed by atoms with Crippen molar-refractivity contribution in [3.05, 3.63) is 29.6 Å². The number of aliphatic hydroxyl groups excluding tert-OH is 2. The SMILES string of the molecule is CCCc1nc2cccc(C(=O)O)c2n1C(C)(CO)CO. The number of nitrogens with zero attached hydrogens (tertiary/aromatic N) is 2. The first kappa shape index (κ1) is 15.5. The molecule has 0 saturated heterocycles. The van der Waals surface area contributed by atoms with Gasteiger partial charge in [-0.15, -0.1) is 0 Å². The van der Waals surface area contributed by atoms with Crippen LogP contribution >= 0.6 is 0 Å². The van der Waals surface area contributed by atoms with Crippen LogP contribution in [0.1, 0.15) is 36.5 Å². The fraction of sp³-hybridized carbons (Fsp3) is 0.467. The first-order valence-corrected chi connectivity index (χ1v) is 6.94. The lowest BCUT2D eigenvalue weighted by Gasteiger charge is -2.30. The number of hydrogen-bond donors (Lipinski definition) is 3. The van der Waals surface area contributed by atoms with Crippen LogP contribution in [0.25, 0.3) is 11.0 Å². The number of hydrogen-bond acceptors (Lipinski definition) is 4. The molecule has 2 aromatic rings. The van der Waals surface area contributed by atoms with Crippen molar-refractivity contribution in [1.82, 2.24) is 9.55 Å². The second-order valence-corrected chi connectivity index (χ2v) is 5.41. The third-order valence-electron chi connectivity index (χ3n) is 3.67. The monoisotopic (exact) mass is 292 g/mol. The van der Waals surface area contributed by atoms with Gasteiger partial charge < -0.3 is 19.9 Å². The van der Waals surface area contributed by atoms with Gasteiger partial charge in [0.15, 0.2) is 0 Å². The molecule has 0 aliphatic heterocycles. The maximum atomic E-state index is 11.5. The third-order valence-corrected chi connectivity index (χ3v) is 3.67. The number of benzene rings is 1. The molecule has 0 radical (unpaired) electrons. The minimum atomic E-state index is -1.05. The van der Waals surface area contributed by atoms with Crippen LogP contribution in [-0.2, 0) is 12.0 Å². The summed E-state index contributed by atoms with van der Waals surface area (Å²) >= 11 is 0. The van der Waals surface area contributed by atoms with E-state index in [1.807, 2.05) is 6.92 Å². The fourth-order valence-electron chi connectivity index (χ4n) is 2.51. The zero-order chi connectivity index (χ0) is 15.6. The number of para-hydroxylation sites is 1. The van der Waals surface area contributed by atoms with Gasteiger partial charge in [0.05, 0.1) is 35.3 Å². The molecular formula is C15H20N2O4. The zero-order valence-electron chi connectivity index (χ0n) is 12.2. The summed E-state index contributed by atoms with van der Waals surface area (Å²) < 4.78 is 1.68. The highest BCUT2D eigenvalue weighted by Crippen LogP contribution is 2.28. The quantitative estimate of drug-likeness (QED) is 0.747. The van der Waals surface area contributed by atoms with Gasteiger partial charge in [-0.1, -0.05) is 13.0 Å². The number of aryl methyl sites for hydroxylation is 1. The standard InChI is InChI=1S/C15H20N2O4/c1-3-5-12-16-11-7-4-6-10(14(20)21)13(11)17(12)15(2,8-18)9-19/h4,6-7,18-19H,3,5,8-9H2,1-2H3,(H,20,21). The van der Waals surface area contributed by atoms with Crippen molar-refractivity contribution in [2.45, 2.75) is 32.2 Å². The summed E-state index contributed by atoms with van der Waals surface area (Å²) in [5, 5.41) is 28.8. The molecule has 0 spiro atoms. The molecule has 0 aliphatic carbocycles. The molecule has 1 heterocycles. The summed E-state index contributed by atoms with van der Waals surface area (Å²) in [6.45, 7) is 3.07. The lowest BCUT2D eigenvalue weighted by molar-refractivity contribution is 0.0689. The Bertz CT molecular complexity index is 659. The van der Waals surface area contributed by atoms with Crippen LogP contribution in [0.3, 0.4) is 0 Å². The van der Waals surface area contributed by atoms with Crippen molar-refractivity contribution < 1.29 is 20.1 Å². The highest BCUT2D eigenvalue weighted by Gasteiger charge is 2.31. The number of aromatic nitrogens is 2. The van der Waals surface area contributed by atoms with E-state index in [1.54, 1.807) is 23.6 Å². The van der Waals surface area contributed by atoms with E-state index >= 15 is 0 Å². The summed E-state index contributed by atoms with van der Waals surface area (Å²) in [6.07, 6.45) is 1.47. The highest BCUT2D eigenvalue weighted by atomic mass is 16.4. The van der Waals surface area contributed by atoms with Gasteiger partial charge in [0.2, 0.25) is 0 Å². The molecule has 2 rings (SSSR count). The number of carboxylic acids is 1. The predicted octanol–water partition coefficient (Wildman–Crippen LogP) is 1.39. The van der Waals surface area contributed by atoms with Crippen molar-refractivity contribution in [3.8, 4) is 0 Å². The molecule has 3 N–H and O–H groups in total. The maximum absolute atomic E-state index is 11.5. The maximum Gasteiger partial charge on any atom is 0.337 e. The van der Waals surface area contributed by atoms with Crippen molar-refractivity contribution in [3.63, 3.8) is 0 Å². The number of aromatic carboxylic acids is 1. The molecule has 0 aliphatic rings. The molecule has 0 amide bonds. The molecule has 0 fully saturated rings. The highest BCUT2D eigenvalue weighted by molar-refractivity contribution is 6.01. The van der Waals surface area contributed by atoms with Crippen LogP contribution in [0.5, 0.6) is 0 Å². The number of rotatable bonds is 6. The minimum Gasteiger partial charge on any atom is -0.478 e. The van der Waals surface area contributed by atoms with Gasteiger partial charge in [-0.2, -0.15) is 0 Å². The summed E-state index contributed by atoms with van der Waals surface area (Å²) in [7, 11) is 0.